The minimum absolute atomic E-state index is 0.229. The molecule has 0 spiro atoms. The van der Waals surface area contributed by atoms with Crippen molar-refractivity contribution in [3.05, 3.63) is 70.8 Å². The zero-order valence-electron chi connectivity index (χ0n) is 13.5. The molecule has 0 aromatic heterocycles. The van der Waals surface area contributed by atoms with Gasteiger partial charge in [-0.05, 0) is 48.4 Å². The summed E-state index contributed by atoms with van der Waals surface area (Å²) in [6.07, 6.45) is 5.09. The van der Waals surface area contributed by atoms with E-state index >= 15 is 0 Å². The van der Waals surface area contributed by atoms with Crippen LogP contribution in [0.1, 0.15) is 46.8 Å². The van der Waals surface area contributed by atoms with Gasteiger partial charge in [0.05, 0.1) is 12.7 Å². The molecule has 22 heavy (non-hydrogen) atoms. The number of unbranched alkanes of at least 4 members (excludes halogenated alkanes) is 1. The lowest BCUT2D eigenvalue weighted by Crippen LogP contribution is -2.09. The van der Waals surface area contributed by atoms with E-state index in [4.69, 9.17) is 4.74 Å². The van der Waals surface area contributed by atoms with Crippen molar-refractivity contribution in [1.82, 2.24) is 0 Å². The van der Waals surface area contributed by atoms with Crippen LogP contribution in [0.15, 0.2) is 48.5 Å². The summed E-state index contributed by atoms with van der Waals surface area (Å²) in [6, 6.07) is 16.4. The summed E-state index contributed by atoms with van der Waals surface area (Å²) in [7, 11) is 1.45. The fourth-order valence-electron chi connectivity index (χ4n) is 2.74. The second-order valence-corrected chi connectivity index (χ2v) is 5.52. The molecule has 0 amide bonds. The normalized spacial score (nSPS) is 10.5. The molecule has 0 aliphatic rings. The fraction of sp³-hybridized carbons (Fsp3) is 0.350. The number of carbonyl (C=O) groups excluding carboxylic acids is 1. The number of esters is 1. The number of benzene rings is 2. The molecule has 0 saturated heterocycles. The number of methoxy groups -OCH3 is 1. The van der Waals surface area contributed by atoms with E-state index in [9.17, 15) is 4.79 Å². The first-order valence-electron chi connectivity index (χ1n) is 7.99. The van der Waals surface area contributed by atoms with Crippen LogP contribution in [0.2, 0.25) is 0 Å². The van der Waals surface area contributed by atoms with Gasteiger partial charge >= 0.3 is 5.97 Å². The molecule has 0 aliphatic carbocycles. The van der Waals surface area contributed by atoms with Gasteiger partial charge < -0.3 is 4.74 Å². The summed E-state index contributed by atoms with van der Waals surface area (Å²) in [5.74, 6) is -0.229. The van der Waals surface area contributed by atoms with Crippen LogP contribution in [0.4, 0.5) is 0 Å². The largest absolute Gasteiger partial charge is 0.465 e. The Labute approximate surface area is 133 Å². The van der Waals surface area contributed by atoms with Crippen LogP contribution in [0.3, 0.4) is 0 Å². The molecule has 0 fully saturated rings. The van der Waals surface area contributed by atoms with Gasteiger partial charge in [0.15, 0.2) is 0 Å². The summed E-state index contributed by atoms with van der Waals surface area (Å²) in [5, 5.41) is 0. The third-order valence-electron chi connectivity index (χ3n) is 3.98. The Morgan fingerprint density at radius 3 is 2.41 bits per heavy atom. The maximum Gasteiger partial charge on any atom is 0.338 e. The molecule has 0 unspecified atom stereocenters. The highest BCUT2D eigenvalue weighted by atomic mass is 16.5. The first-order chi connectivity index (χ1) is 10.8. The molecular weight excluding hydrogens is 272 g/mol. The van der Waals surface area contributed by atoms with Crippen molar-refractivity contribution in [2.75, 3.05) is 7.11 Å². The Balaban J connectivity index is 2.23. The molecule has 0 radical (unpaired) electrons. The molecular formula is C20H24O2. The first-order valence-corrected chi connectivity index (χ1v) is 7.99. The highest BCUT2D eigenvalue weighted by molar-refractivity contribution is 5.91. The van der Waals surface area contributed by atoms with E-state index in [-0.39, 0.29) is 5.97 Å². The van der Waals surface area contributed by atoms with Gasteiger partial charge in [-0.3, -0.25) is 0 Å². The lowest BCUT2D eigenvalue weighted by molar-refractivity contribution is 0.0599. The molecule has 0 atom stereocenters. The first kappa shape index (κ1) is 16.3. The summed E-state index contributed by atoms with van der Waals surface area (Å²) >= 11 is 0. The van der Waals surface area contributed by atoms with Crippen molar-refractivity contribution in [2.45, 2.75) is 39.0 Å². The fourth-order valence-corrected chi connectivity index (χ4v) is 2.74. The van der Waals surface area contributed by atoms with Crippen molar-refractivity contribution >= 4 is 5.97 Å². The number of hydrogen-bond donors (Lipinski definition) is 0. The number of aryl methyl sites for hydroxylation is 2. The molecule has 0 heterocycles. The Morgan fingerprint density at radius 1 is 0.955 bits per heavy atom. The van der Waals surface area contributed by atoms with Gasteiger partial charge in [0, 0.05) is 0 Å². The molecule has 0 bridgehead atoms. The SMILES string of the molecule is CCCCc1c(CCc2ccccc2)cccc1C(=O)OC. The third kappa shape index (κ3) is 4.20. The lowest BCUT2D eigenvalue weighted by atomic mass is 9.92. The zero-order valence-corrected chi connectivity index (χ0v) is 13.5. The predicted molar refractivity (Wildman–Crippen MR) is 90.2 cm³/mol. The van der Waals surface area contributed by atoms with Crippen LogP contribution in [0.25, 0.3) is 0 Å². The quantitative estimate of drug-likeness (QED) is 0.698. The van der Waals surface area contributed by atoms with E-state index in [1.165, 1.54) is 18.2 Å². The number of carbonyl (C=O) groups is 1. The summed E-state index contributed by atoms with van der Waals surface area (Å²) in [5.41, 5.74) is 4.47. The third-order valence-corrected chi connectivity index (χ3v) is 3.98. The van der Waals surface area contributed by atoms with Crippen LogP contribution < -0.4 is 0 Å². The van der Waals surface area contributed by atoms with Gasteiger partial charge in [-0.1, -0.05) is 55.8 Å². The maximum atomic E-state index is 12.0. The molecule has 2 aromatic rings. The molecule has 2 nitrogen and oxygen atoms in total. The Bertz CT molecular complexity index is 602. The molecule has 0 N–H and O–H groups in total. The predicted octanol–water partition coefficient (Wildman–Crippen LogP) is 4.60. The highest BCUT2D eigenvalue weighted by Crippen LogP contribution is 2.20. The molecule has 0 aliphatic heterocycles. The van der Waals surface area contributed by atoms with Crippen molar-refractivity contribution in [1.29, 1.82) is 0 Å². The van der Waals surface area contributed by atoms with Crippen LogP contribution in [-0.4, -0.2) is 13.1 Å². The van der Waals surface area contributed by atoms with Crippen molar-refractivity contribution in [2.24, 2.45) is 0 Å². The molecule has 2 aromatic carbocycles. The second kappa shape index (κ2) is 8.38. The number of rotatable bonds is 7. The zero-order chi connectivity index (χ0) is 15.8. The lowest BCUT2D eigenvalue weighted by Gasteiger charge is -2.13. The molecule has 2 heteroatoms. The maximum absolute atomic E-state index is 12.0. The van der Waals surface area contributed by atoms with Crippen molar-refractivity contribution in [3.63, 3.8) is 0 Å². The van der Waals surface area contributed by atoms with Crippen molar-refractivity contribution < 1.29 is 9.53 Å². The molecule has 0 saturated carbocycles. The van der Waals surface area contributed by atoms with Crippen LogP contribution >= 0.6 is 0 Å². The van der Waals surface area contributed by atoms with Crippen molar-refractivity contribution in [3.8, 4) is 0 Å². The monoisotopic (exact) mass is 296 g/mol. The summed E-state index contributed by atoms with van der Waals surface area (Å²) in [4.78, 5) is 12.0. The van der Waals surface area contributed by atoms with E-state index in [2.05, 4.69) is 37.3 Å². The van der Waals surface area contributed by atoms with Gasteiger partial charge in [-0.25, -0.2) is 4.79 Å². The van der Waals surface area contributed by atoms with Crippen LogP contribution in [0.5, 0.6) is 0 Å². The number of hydrogen-bond acceptors (Lipinski definition) is 2. The van der Waals surface area contributed by atoms with Gasteiger partial charge in [-0.15, -0.1) is 0 Å². The van der Waals surface area contributed by atoms with Gasteiger partial charge in [-0.2, -0.15) is 0 Å². The Kier molecular flexibility index (Phi) is 6.20. The van der Waals surface area contributed by atoms with E-state index in [1.54, 1.807) is 0 Å². The molecule has 2 rings (SSSR count). The van der Waals surface area contributed by atoms with Crippen LogP contribution in [0, 0.1) is 0 Å². The van der Waals surface area contributed by atoms with E-state index in [1.807, 2.05) is 18.2 Å². The van der Waals surface area contributed by atoms with E-state index < -0.39 is 0 Å². The van der Waals surface area contributed by atoms with Gasteiger partial charge in [0.25, 0.3) is 0 Å². The minimum atomic E-state index is -0.229. The highest BCUT2D eigenvalue weighted by Gasteiger charge is 2.14. The average molecular weight is 296 g/mol. The summed E-state index contributed by atoms with van der Waals surface area (Å²) < 4.78 is 4.94. The minimum Gasteiger partial charge on any atom is -0.465 e. The smallest absolute Gasteiger partial charge is 0.338 e. The van der Waals surface area contributed by atoms with Gasteiger partial charge in [0.2, 0.25) is 0 Å². The van der Waals surface area contributed by atoms with Crippen LogP contribution in [-0.2, 0) is 24.0 Å². The second-order valence-electron chi connectivity index (χ2n) is 5.52. The summed E-state index contributed by atoms with van der Waals surface area (Å²) in [6.45, 7) is 2.17. The Morgan fingerprint density at radius 2 is 1.73 bits per heavy atom. The topological polar surface area (TPSA) is 26.3 Å². The Hall–Kier alpha value is -2.09. The van der Waals surface area contributed by atoms with E-state index in [0.717, 1.165) is 43.2 Å². The standard InChI is InChI=1S/C20H24O2/c1-3-4-12-18-17(11-8-13-19(18)20(21)22-2)15-14-16-9-6-5-7-10-16/h5-11,13H,3-4,12,14-15H2,1-2H3. The number of ether oxygens (including phenoxy) is 1. The molecule has 116 valence electrons. The van der Waals surface area contributed by atoms with E-state index in [0.29, 0.717) is 0 Å². The average Bonchev–Trinajstić information content (AvgIpc) is 2.58. The van der Waals surface area contributed by atoms with Gasteiger partial charge in [0.1, 0.15) is 0 Å².